The molecule has 2 aliphatic heterocycles. The molecule has 2 aromatic heterocycles. The third-order valence-electron chi connectivity index (χ3n) is 5.67. The average molecular weight is 487 g/mol. The number of benzene rings is 1. The van der Waals surface area contributed by atoms with Crippen molar-refractivity contribution in [3.63, 3.8) is 0 Å². The van der Waals surface area contributed by atoms with Crippen molar-refractivity contribution in [2.45, 2.75) is 24.0 Å². The fourth-order valence-corrected chi connectivity index (χ4v) is 5.39. The zero-order valence-electron chi connectivity index (χ0n) is 16.0. The highest BCUT2D eigenvalue weighted by Gasteiger charge is 2.36. The third kappa shape index (κ3) is 3.69. The second kappa shape index (κ2) is 7.99. The molecular weight excluding hydrogens is 468 g/mol. The summed E-state index contributed by atoms with van der Waals surface area (Å²) in [5.41, 5.74) is 1.94. The minimum atomic E-state index is 0.0531. The van der Waals surface area contributed by atoms with Gasteiger partial charge in [-0.25, -0.2) is 0 Å². The number of fused-ring (bicyclic) bond motifs is 4. The maximum Gasteiger partial charge on any atom is 0.250 e. The summed E-state index contributed by atoms with van der Waals surface area (Å²) < 4.78 is 4.49. The molecule has 1 aromatic carbocycles. The number of tetrazole rings is 1. The summed E-state index contributed by atoms with van der Waals surface area (Å²) >= 11 is 4.76. The second-order valence-electron chi connectivity index (χ2n) is 7.64. The van der Waals surface area contributed by atoms with E-state index in [4.69, 9.17) is 0 Å². The van der Waals surface area contributed by atoms with E-state index in [0.29, 0.717) is 30.7 Å². The van der Waals surface area contributed by atoms with Gasteiger partial charge in [-0.15, -0.1) is 5.10 Å². The molecule has 0 N–H and O–H groups in total. The highest BCUT2D eigenvalue weighted by molar-refractivity contribution is 9.10. The standard InChI is InChI=1S/C20H19BrN6O2S/c21-15-4-6-16(7-5-15)27-20(22-23-24-27)30-12-19(29)25-9-13-8-14(11-25)17-2-1-3-18(28)26(17)10-13/h1-7,13-14H,8-12H2. The van der Waals surface area contributed by atoms with Crippen LogP contribution in [0.4, 0.5) is 0 Å². The number of amides is 1. The summed E-state index contributed by atoms with van der Waals surface area (Å²) in [4.78, 5) is 27.0. The molecule has 2 aliphatic rings. The van der Waals surface area contributed by atoms with Crippen molar-refractivity contribution in [1.29, 1.82) is 0 Å². The molecule has 1 fully saturated rings. The van der Waals surface area contributed by atoms with Crippen LogP contribution in [0.25, 0.3) is 5.69 Å². The van der Waals surface area contributed by atoms with E-state index in [-0.39, 0.29) is 23.1 Å². The summed E-state index contributed by atoms with van der Waals surface area (Å²) in [6, 6.07) is 13.1. The maximum absolute atomic E-state index is 12.9. The Morgan fingerprint density at radius 3 is 2.80 bits per heavy atom. The summed E-state index contributed by atoms with van der Waals surface area (Å²) in [5, 5.41) is 12.5. The van der Waals surface area contributed by atoms with Crippen molar-refractivity contribution in [2.24, 2.45) is 5.92 Å². The molecule has 0 spiro atoms. The smallest absolute Gasteiger partial charge is 0.250 e. The molecule has 30 heavy (non-hydrogen) atoms. The Morgan fingerprint density at radius 2 is 1.97 bits per heavy atom. The van der Waals surface area contributed by atoms with Gasteiger partial charge in [0.1, 0.15) is 0 Å². The number of carbonyl (C=O) groups excluding carboxylic acids is 1. The Balaban J connectivity index is 1.27. The number of thioether (sulfide) groups is 1. The van der Waals surface area contributed by atoms with E-state index in [0.717, 1.165) is 22.3 Å². The average Bonchev–Trinajstić information content (AvgIpc) is 3.22. The summed E-state index contributed by atoms with van der Waals surface area (Å²) in [6.07, 6.45) is 1.03. The van der Waals surface area contributed by atoms with Crippen molar-refractivity contribution in [3.8, 4) is 5.69 Å². The van der Waals surface area contributed by atoms with E-state index < -0.39 is 0 Å². The van der Waals surface area contributed by atoms with Crippen molar-refractivity contribution >= 4 is 33.6 Å². The Morgan fingerprint density at radius 1 is 1.13 bits per heavy atom. The predicted octanol–water partition coefficient (Wildman–Crippen LogP) is 2.32. The Bertz CT molecular complexity index is 1140. The number of nitrogens with zero attached hydrogens (tertiary/aromatic N) is 6. The maximum atomic E-state index is 12.9. The molecule has 2 bridgehead atoms. The van der Waals surface area contributed by atoms with E-state index in [1.165, 1.54) is 11.8 Å². The van der Waals surface area contributed by atoms with Gasteiger partial charge in [-0.2, -0.15) is 4.68 Å². The summed E-state index contributed by atoms with van der Waals surface area (Å²) in [7, 11) is 0. The molecule has 4 heterocycles. The second-order valence-corrected chi connectivity index (χ2v) is 9.49. The molecule has 8 nitrogen and oxygen atoms in total. The van der Waals surface area contributed by atoms with Crippen molar-refractivity contribution in [2.75, 3.05) is 18.8 Å². The van der Waals surface area contributed by atoms with E-state index in [9.17, 15) is 9.59 Å². The van der Waals surface area contributed by atoms with Gasteiger partial charge in [0.25, 0.3) is 5.56 Å². The van der Waals surface area contributed by atoms with E-state index in [1.54, 1.807) is 10.7 Å². The first-order valence-corrected chi connectivity index (χ1v) is 11.5. The van der Waals surface area contributed by atoms with Gasteiger partial charge in [0.15, 0.2) is 0 Å². The minimum Gasteiger partial charge on any atom is -0.341 e. The predicted molar refractivity (Wildman–Crippen MR) is 116 cm³/mol. The van der Waals surface area contributed by atoms with E-state index >= 15 is 0 Å². The number of hydrogen-bond donors (Lipinski definition) is 0. The van der Waals surface area contributed by atoms with E-state index in [2.05, 4.69) is 31.5 Å². The fourth-order valence-electron chi connectivity index (χ4n) is 4.33. The molecule has 1 amide bonds. The monoisotopic (exact) mass is 486 g/mol. The van der Waals surface area contributed by atoms with Crippen molar-refractivity contribution in [1.82, 2.24) is 29.7 Å². The first-order chi connectivity index (χ1) is 14.6. The van der Waals surface area contributed by atoms with Crippen molar-refractivity contribution in [3.05, 3.63) is 63.0 Å². The highest BCUT2D eigenvalue weighted by atomic mass is 79.9. The van der Waals surface area contributed by atoms with Crippen LogP contribution in [0.2, 0.25) is 0 Å². The van der Waals surface area contributed by atoms with Crippen LogP contribution in [0, 0.1) is 5.92 Å². The topological polar surface area (TPSA) is 85.9 Å². The first-order valence-electron chi connectivity index (χ1n) is 9.73. The Kier molecular flexibility index (Phi) is 5.20. The molecule has 1 saturated heterocycles. The molecular formula is C20H19BrN6O2S. The molecule has 2 atom stereocenters. The zero-order chi connectivity index (χ0) is 20.7. The molecule has 0 radical (unpaired) electrons. The Labute approximate surface area is 185 Å². The van der Waals surface area contributed by atoms with Gasteiger partial charge < -0.3 is 9.47 Å². The van der Waals surface area contributed by atoms with Crippen LogP contribution in [0.15, 0.2) is 56.9 Å². The number of hydrogen-bond acceptors (Lipinski definition) is 6. The highest BCUT2D eigenvalue weighted by Crippen LogP contribution is 2.35. The van der Waals surface area contributed by atoms with Crippen LogP contribution in [0.1, 0.15) is 18.0 Å². The molecule has 10 heteroatoms. The lowest BCUT2D eigenvalue weighted by atomic mass is 9.83. The molecule has 0 aliphatic carbocycles. The summed E-state index contributed by atoms with van der Waals surface area (Å²) in [6.45, 7) is 2.02. The lowest BCUT2D eigenvalue weighted by Gasteiger charge is -2.42. The van der Waals surface area contributed by atoms with Gasteiger partial charge in [0.05, 0.1) is 11.4 Å². The lowest BCUT2D eigenvalue weighted by Crippen LogP contribution is -2.49. The number of carbonyl (C=O) groups is 1. The molecule has 2 unspecified atom stereocenters. The third-order valence-corrected chi connectivity index (χ3v) is 7.10. The van der Waals surface area contributed by atoms with Gasteiger partial charge in [0.2, 0.25) is 11.1 Å². The van der Waals surface area contributed by atoms with Gasteiger partial charge in [-0.3, -0.25) is 9.59 Å². The lowest BCUT2D eigenvalue weighted by molar-refractivity contribution is -0.131. The van der Waals surface area contributed by atoms with Crippen LogP contribution in [-0.2, 0) is 11.3 Å². The van der Waals surface area contributed by atoms with Gasteiger partial charge in [0, 0.05) is 41.8 Å². The van der Waals surface area contributed by atoms with Crippen LogP contribution < -0.4 is 5.56 Å². The van der Waals surface area contributed by atoms with Gasteiger partial charge >= 0.3 is 0 Å². The number of likely N-dealkylation sites (tertiary alicyclic amines) is 1. The number of halogens is 1. The fraction of sp³-hybridized carbons (Fsp3) is 0.350. The Hall–Kier alpha value is -2.46. The SMILES string of the molecule is O=C(CSc1nnnn1-c1ccc(Br)cc1)N1CC2CC(C1)c1cccc(=O)n1C2. The largest absolute Gasteiger partial charge is 0.341 e. The molecule has 3 aromatic rings. The first kappa shape index (κ1) is 19.5. The van der Waals surface area contributed by atoms with Gasteiger partial charge in [-0.05, 0) is 53.1 Å². The molecule has 5 rings (SSSR count). The minimum absolute atomic E-state index is 0.0531. The van der Waals surface area contributed by atoms with Crippen LogP contribution in [0.3, 0.4) is 0 Å². The molecule has 0 saturated carbocycles. The van der Waals surface area contributed by atoms with Crippen LogP contribution in [-0.4, -0.2) is 54.4 Å². The van der Waals surface area contributed by atoms with Crippen LogP contribution >= 0.6 is 27.7 Å². The van der Waals surface area contributed by atoms with Crippen LogP contribution in [0.5, 0.6) is 0 Å². The zero-order valence-corrected chi connectivity index (χ0v) is 18.4. The normalized spacial score (nSPS) is 20.1. The molecule has 154 valence electrons. The quantitative estimate of drug-likeness (QED) is 0.526. The summed E-state index contributed by atoms with van der Waals surface area (Å²) in [5.74, 6) is 0.886. The van der Waals surface area contributed by atoms with E-state index in [1.807, 2.05) is 45.9 Å². The van der Waals surface area contributed by atoms with Gasteiger partial charge in [-0.1, -0.05) is 33.8 Å². The van der Waals surface area contributed by atoms with Crippen molar-refractivity contribution < 1.29 is 4.79 Å². The number of piperidine rings is 1. The number of pyridine rings is 1. The number of aromatic nitrogens is 5. The number of rotatable bonds is 4.